The first-order valence-electron chi connectivity index (χ1n) is 7.19. The Labute approximate surface area is 152 Å². The summed E-state index contributed by atoms with van der Waals surface area (Å²) in [6.45, 7) is -0.186. The maximum Gasteiger partial charge on any atom is 0.348 e. The summed E-state index contributed by atoms with van der Waals surface area (Å²) in [7, 11) is 1.59. The van der Waals surface area contributed by atoms with Crippen molar-refractivity contribution in [1.82, 2.24) is 19.2 Å². The minimum Gasteiger partial charge on any atom is -0.453 e. The lowest BCUT2D eigenvalue weighted by Crippen LogP contribution is -2.19. The Hall–Kier alpha value is -3.12. The van der Waals surface area contributed by atoms with Crippen LogP contribution in [0.3, 0.4) is 0 Å². The molecule has 0 aliphatic rings. The van der Waals surface area contributed by atoms with Gasteiger partial charge in [-0.3, -0.25) is 23.9 Å². The molecule has 0 aliphatic heterocycles. The minimum atomic E-state index is -0.689. The van der Waals surface area contributed by atoms with E-state index in [2.05, 4.69) is 10.2 Å². The number of nitro groups is 1. The predicted molar refractivity (Wildman–Crippen MR) is 93.7 cm³/mol. The molecule has 10 nitrogen and oxygen atoms in total. The highest BCUT2D eigenvalue weighted by atomic mass is 32.1. The smallest absolute Gasteiger partial charge is 0.348 e. The molecule has 0 atom stereocenters. The molecule has 0 N–H and O–H groups in total. The van der Waals surface area contributed by atoms with Crippen molar-refractivity contribution in [2.45, 2.75) is 6.61 Å². The van der Waals surface area contributed by atoms with Gasteiger partial charge in [0.1, 0.15) is 9.58 Å². The second-order valence-electron chi connectivity index (χ2n) is 5.22. The van der Waals surface area contributed by atoms with Gasteiger partial charge in [0.15, 0.2) is 12.4 Å². The number of ether oxygens (including phenoxy) is 1. The van der Waals surface area contributed by atoms with Gasteiger partial charge in [-0.2, -0.15) is 0 Å². The summed E-state index contributed by atoms with van der Waals surface area (Å²) in [5.41, 5.74) is 0.459. The molecular formula is C14H9N5O5S2. The van der Waals surface area contributed by atoms with Gasteiger partial charge in [-0.15, -0.1) is 21.5 Å². The molecule has 132 valence electrons. The van der Waals surface area contributed by atoms with Gasteiger partial charge < -0.3 is 4.74 Å². The topological polar surface area (TPSA) is 122 Å². The number of fused-ring (bicyclic) bond motifs is 3. The van der Waals surface area contributed by atoms with Crippen molar-refractivity contribution in [3.05, 3.63) is 54.7 Å². The van der Waals surface area contributed by atoms with E-state index in [0.717, 1.165) is 11.3 Å². The number of nitrogens with zero attached hydrogens (tertiary/aromatic N) is 5. The van der Waals surface area contributed by atoms with Crippen LogP contribution in [0.2, 0.25) is 0 Å². The standard InChI is InChI=1S/C14H9N5O5S2/c1-17-12(20)11-7(4-5-25-11)18-9(15-16-14(17)18)6-24-13(21)8-2-3-10(26-8)19(22)23/h2-5H,6H2,1H3. The summed E-state index contributed by atoms with van der Waals surface area (Å²) in [6, 6.07) is 4.36. The second-order valence-corrected chi connectivity index (χ2v) is 7.20. The highest BCUT2D eigenvalue weighted by molar-refractivity contribution is 7.17. The van der Waals surface area contributed by atoms with E-state index in [1.165, 1.54) is 28.0 Å². The SMILES string of the molecule is Cn1c(=O)c2sccc2n2c(COC(=O)c3ccc([N+](=O)[O-])s3)nnc12. The maximum absolute atomic E-state index is 12.3. The number of carbonyl (C=O) groups excluding carboxylic acids is 1. The summed E-state index contributed by atoms with van der Waals surface area (Å²) in [5, 5.41) is 20.3. The summed E-state index contributed by atoms with van der Waals surface area (Å²) in [5.74, 6) is -0.0108. The summed E-state index contributed by atoms with van der Waals surface area (Å²) < 4.78 is 8.78. The van der Waals surface area contributed by atoms with Crippen LogP contribution in [0, 0.1) is 10.1 Å². The third-order valence-corrected chi connectivity index (χ3v) is 5.61. The maximum atomic E-state index is 12.3. The Morgan fingerprint density at radius 1 is 1.35 bits per heavy atom. The van der Waals surface area contributed by atoms with E-state index < -0.39 is 10.9 Å². The Kier molecular flexibility index (Phi) is 3.77. The normalized spacial score (nSPS) is 11.3. The molecule has 0 aromatic carbocycles. The summed E-state index contributed by atoms with van der Waals surface area (Å²) in [4.78, 5) is 34.6. The van der Waals surface area contributed by atoms with Crippen molar-refractivity contribution < 1.29 is 14.5 Å². The van der Waals surface area contributed by atoms with Gasteiger partial charge in [-0.05, 0) is 17.5 Å². The lowest BCUT2D eigenvalue weighted by Gasteiger charge is -2.05. The fraction of sp³-hybridized carbons (Fsp3) is 0.143. The average Bonchev–Trinajstić information content (AvgIpc) is 3.35. The number of hydrogen-bond acceptors (Lipinski definition) is 9. The molecule has 0 amide bonds. The predicted octanol–water partition coefficient (Wildman–Crippen LogP) is 1.97. The molecule has 0 saturated heterocycles. The summed E-state index contributed by atoms with van der Waals surface area (Å²) >= 11 is 2.04. The quantitative estimate of drug-likeness (QED) is 0.296. The number of hydrogen-bond donors (Lipinski definition) is 0. The molecule has 26 heavy (non-hydrogen) atoms. The molecule has 0 unspecified atom stereocenters. The van der Waals surface area contributed by atoms with E-state index in [1.54, 1.807) is 22.9 Å². The van der Waals surface area contributed by atoms with Crippen molar-refractivity contribution in [1.29, 1.82) is 0 Å². The molecule has 0 aliphatic carbocycles. The highest BCUT2D eigenvalue weighted by Gasteiger charge is 2.19. The molecule has 4 rings (SSSR count). The molecule has 0 radical (unpaired) electrons. The van der Waals surface area contributed by atoms with Crippen LogP contribution in [-0.4, -0.2) is 30.1 Å². The molecule has 0 fully saturated rings. The lowest BCUT2D eigenvalue weighted by atomic mass is 10.4. The molecular weight excluding hydrogens is 382 g/mol. The van der Waals surface area contributed by atoms with Gasteiger partial charge in [0.05, 0.1) is 10.4 Å². The average molecular weight is 391 g/mol. The fourth-order valence-electron chi connectivity index (χ4n) is 2.48. The van der Waals surface area contributed by atoms with E-state index in [1.807, 2.05) is 0 Å². The number of carbonyl (C=O) groups is 1. The molecule has 0 spiro atoms. The van der Waals surface area contributed by atoms with Crippen molar-refractivity contribution in [2.75, 3.05) is 0 Å². The minimum absolute atomic E-state index is 0.124. The molecule has 4 aromatic rings. The molecule has 4 aromatic heterocycles. The third-order valence-electron chi connectivity index (χ3n) is 3.70. The van der Waals surface area contributed by atoms with Gasteiger partial charge >= 0.3 is 11.0 Å². The number of aryl methyl sites for hydroxylation is 1. The zero-order valence-electron chi connectivity index (χ0n) is 13.1. The largest absolute Gasteiger partial charge is 0.453 e. The van der Waals surface area contributed by atoms with Crippen molar-refractivity contribution in [3.63, 3.8) is 0 Å². The van der Waals surface area contributed by atoms with Crippen LogP contribution in [0.1, 0.15) is 15.5 Å². The van der Waals surface area contributed by atoms with Crippen LogP contribution in [0.25, 0.3) is 16.0 Å². The first kappa shape index (κ1) is 16.4. The third kappa shape index (κ3) is 2.46. The van der Waals surface area contributed by atoms with Crippen LogP contribution in [-0.2, 0) is 18.4 Å². The number of rotatable bonds is 4. The lowest BCUT2D eigenvalue weighted by molar-refractivity contribution is -0.380. The number of esters is 1. The Bertz CT molecular complexity index is 1230. The Morgan fingerprint density at radius 2 is 2.15 bits per heavy atom. The number of aromatic nitrogens is 4. The van der Waals surface area contributed by atoms with Crippen LogP contribution in [0.15, 0.2) is 28.4 Å². The number of thiophene rings is 2. The molecule has 12 heteroatoms. The van der Waals surface area contributed by atoms with Gasteiger partial charge in [-0.25, -0.2) is 4.79 Å². The van der Waals surface area contributed by atoms with E-state index in [9.17, 15) is 19.7 Å². The first-order valence-corrected chi connectivity index (χ1v) is 8.88. The monoisotopic (exact) mass is 391 g/mol. The Balaban J connectivity index is 1.66. The van der Waals surface area contributed by atoms with Gasteiger partial charge in [0, 0.05) is 13.1 Å². The van der Waals surface area contributed by atoms with E-state index in [4.69, 9.17) is 4.74 Å². The van der Waals surface area contributed by atoms with Crippen LogP contribution < -0.4 is 5.56 Å². The zero-order valence-corrected chi connectivity index (χ0v) is 14.7. The van der Waals surface area contributed by atoms with Crippen LogP contribution in [0.5, 0.6) is 0 Å². The van der Waals surface area contributed by atoms with Gasteiger partial charge in [-0.1, -0.05) is 11.3 Å². The van der Waals surface area contributed by atoms with E-state index >= 15 is 0 Å². The van der Waals surface area contributed by atoms with Crippen molar-refractivity contribution in [3.8, 4) is 0 Å². The van der Waals surface area contributed by atoms with Crippen molar-refractivity contribution in [2.24, 2.45) is 7.05 Å². The molecule has 4 heterocycles. The van der Waals surface area contributed by atoms with Crippen LogP contribution in [0.4, 0.5) is 5.00 Å². The highest BCUT2D eigenvalue weighted by Crippen LogP contribution is 2.25. The van der Waals surface area contributed by atoms with Gasteiger partial charge in [0.25, 0.3) is 5.56 Å². The second kappa shape index (κ2) is 6.00. The Morgan fingerprint density at radius 3 is 2.88 bits per heavy atom. The van der Waals surface area contributed by atoms with Crippen LogP contribution >= 0.6 is 22.7 Å². The van der Waals surface area contributed by atoms with Crippen molar-refractivity contribution >= 4 is 49.6 Å². The summed E-state index contributed by atoms with van der Waals surface area (Å²) in [6.07, 6.45) is 0. The molecule has 0 saturated carbocycles. The van der Waals surface area contributed by atoms with Gasteiger partial charge in [0.2, 0.25) is 5.78 Å². The van der Waals surface area contributed by atoms with E-state index in [-0.39, 0.29) is 22.0 Å². The first-order chi connectivity index (χ1) is 12.5. The fourth-order valence-corrected chi connectivity index (χ4v) is 4.05. The van der Waals surface area contributed by atoms with E-state index in [0.29, 0.717) is 21.8 Å². The molecule has 0 bridgehead atoms. The zero-order chi connectivity index (χ0) is 18.4.